The third kappa shape index (κ3) is 2.38. The van der Waals surface area contributed by atoms with E-state index in [9.17, 15) is 4.79 Å². The molecule has 3 aromatic rings. The van der Waals surface area contributed by atoms with Crippen LogP contribution >= 0.6 is 0 Å². The van der Waals surface area contributed by atoms with Crippen LogP contribution in [0.4, 0.5) is 0 Å². The molecule has 0 aliphatic heterocycles. The molecule has 3 nitrogen and oxygen atoms in total. The Morgan fingerprint density at radius 3 is 2.60 bits per heavy atom. The molecule has 0 atom stereocenters. The Bertz CT molecular complexity index is 781. The topological polar surface area (TPSA) is 39.2 Å². The summed E-state index contributed by atoms with van der Waals surface area (Å²) in [7, 11) is 0. The summed E-state index contributed by atoms with van der Waals surface area (Å²) in [5.41, 5.74) is 0.487. The maximum atomic E-state index is 11.5. The molecule has 2 aromatic carbocycles. The van der Waals surface area contributed by atoms with E-state index in [0.29, 0.717) is 17.2 Å². The summed E-state index contributed by atoms with van der Waals surface area (Å²) >= 11 is 0. The van der Waals surface area contributed by atoms with Crippen LogP contribution in [0.15, 0.2) is 60.8 Å². The monoisotopic (exact) mass is 263 g/mol. The minimum Gasteiger partial charge on any atom is -0.438 e. The van der Waals surface area contributed by atoms with Gasteiger partial charge < -0.3 is 4.74 Å². The second-order valence-electron chi connectivity index (χ2n) is 4.52. The van der Waals surface area contributed by atoms with Gasteiger partial charge >= 0.3 is 0 Å². The van der Waals surface area contributed by atoms with Crippen LogP contribution in [0, 0.1) is 0 Å². The molecule has 3 rings (SSSR count). The number of fused-ring (bicyclic) bond motifs is 1. The van der Waals surface area contributed by atoms with Gasteiger partial charge in [0.2, 0.25) is 5.88 Å². The maximum Gasteiger partial charge on any atom is 0.230 e. The van der Waals surface area contributed by atoms with Crippen LogP contribution < -0.4 is 4.74 Å². The average molecular weight is 263 g/mol. The van der Waals surface area contributed by atoms with Gasteiger partial charge in [0.25, 0.3) is 0 Å². The highest BCUT2D eigenvalue weighted by molar-refractivity contribution is 5.96. The molecule has 0 aliphatic carbocycles. The molecular formula is C17H13NO2. The van der Waals surface area contributed by atoms with E-state index in [1.165, 1.54) is 6.92 Å². The van der Waals surface area contributed by atoms with E-state index in [1.807, 2.05) is 42.5 Å². The zero-order valence-corrected chi connectivity index (χ0v) is 11.0. The highest BCUT2D eigenvalue weighted by atomic mass is 16.5. The quantitative estimate of drug-likeness (QED) is 0.664. The lowest BCUT2D eigenvalue weighted by molar-refractivity contribution is 0.101. The van der Waals surface area contributed by atoms with E-state index in [4.69, 9.17) is 4.74 Å². The zero-order valence-electron chi connectivity index (χ0n) is 11.0. The summed E-state index contributed by atoms with van der Waals surface area (Å²) in [5, 5.41) is 2.23. The van der Waals surface area contributed by atoms with Gasteiger partial charge in [-0.05, 0) is 42.0 Å². The highest BCUT2D eigenvalue weighted by Gasteiger charge is 2.10. The van der Waals surface area contributed by atoms with Crippen LogP contribution in [0.1, 0.15) is 17.3 Å². The van der Waals surface area contributed by atoms with E-state index >= 15 is 0 Å². The van der Waals surface area contributed by atoms with Gasteiger partial charge in [-0.25, -0.2) is 4.98 Å². The minimum atomic E-state index is -0.0612. The van der Waals surface area contributed by atoms with Crippen molar-refractivity contribution < 1.29 is 9.53 Å². The first-order valence-electron chi connectivity index (χ1n) is 6.36. The van der Waals surface area contributed by atoms with E-state index < -0.39 is 0 Å². The Balaban J connectivity index is 1.99. The number of nitrogens with zero attached hydrogens (tertiary/aromatic N) is 1. The van der Waals surface area contributed by atoms with Crippen molar-refractivity contribution in [3.63, 3.8) is 0 Å². The molecule has 0 spiro atoms. The van der Waals surface area contributed by atoms with E-state index in [0.717, 1.165) is 10.8 Å². The predicted octanol–water partition coefficient (Wildman–Crippen LogP) is 4.23. The number of carbonyl (C=O) groups is 1. The molecule has 1 aromatic heterocycles. The van der Waals surface area contributed by atoms with Crippen LogP contribution in [-0.4, -0.2) is 10.8 Å². The van der Waals surface area contributed by atoms with Crippen LogP contribution in [0.5, 0.6) is 11.6 Å². The van der Waals surface area contributed by atoms with Gasteiger partial charge in [-0.3, -0.25) is 4.79 Å². The summed E-state index contributed by atoms with van der Waals surface area (Å²) < 4.78 is 5.75. The molecule has 20 heavy (non-hydrogen) atoms. The van der Waals surface area contributed by atoms with Gasteiger partial charge in [-0.2, -0.15) is 0 Å². The number of hydrogen-bond acceptors (Lipinski definition) is 3. The molecule has 0 saturated carbocycles. The molecule has 0 radical (unpaired) electrons. The molecule has 98 valence electrons. The molecule has 0 amide bonds. The Morgan fingerprint density at radius 1 is 1.00 bits per heavy atom. The van der Waals surface area contributed by atoms with Crippen LogP contribution in [0.3, 0.4) is 0 Å². The van der Waals surface area contributed by atoms with Crippen molar-refractivity contribution in [3.8, 4) is 11.6 Å². The number of rotatable bonds is 3. The Kier molecular flexibility index (Phi) is 3.17. The SMILES string of the molecule is CC(=O)c1cccnc1Oc1ccc2ccccc2c1. The lowest BCUT2D eigenvalue weighted by Gasteiger charge is -2.08. The fraction of sp³-hybridized carbons (Fsp3) is 0.0588. The number of aromatic nitrogens is 1. The van der Waals surface area contributed by atoms with Gasteiger partial charge in [0, 0.05) is 6.20 Å². The summed E-state index contributed by atoms with van der Waals surface area (Å²) in [6.45, 7) is 1.50. The first kappa shape index (κ1) is 12.4. The predicted molar refractivity (Wildman–Crippen MR) is 78.3 cm³/mol. The van der Waals surface area contributed by atoms with Gasteiger partial charge in [-0.15, -0.1) is 0 Å². The first-order valence-corrected chi connectivity index (χ1v) is 6.36. The molecule has 0 bridgehead atoms. The van der Waals surface area contributed by atoms with E-state index in [2.05, 4.69) is 4.98 Å². The number of benzene rings is 2. The fourth-order valence-electron chi connectivity index (χ4n) is 2.08. The Labute approximate surface area is 116 Å². The number of pyridine rings is 1. The summed E-state index contributed by atoms with van der Waals surface area (Å²) in [4.78, 5) is 15.7. The fourth-order valence-corrected chi connectivity index (χ4v) is 2.08. The van der Waals surface area contributed by atoms with E-state index in [-0.39, 0.29) is 5.78 Å². The molecule has 0 N–H and O–H groups in total. The minimum absolute atomic E-state index is 0.0612. The van der Waals surface area contributed by atoms with Crippen molar-refractivity contribution in [1.82, 2.24) is 4.98 Å². The summed E-state index contributed by atoms with van der Waals surface area (Å²) in [6.07, 6.45) is 1.61. The van der Waals surface area contributed by atoms with Crippen LogP contribution in [0.25, 0.3) is 10.8 Å². The Morgan fingerprint density at radius 2 is 1.80 bits per heavy atom. The van der Waals surface area contributed by atoms with Crippen LogP contribution in [0.2, 0.25) is 0 Å². The number of ether oxygens (including phenoxy) is 1. The van der Waals surface area contributed by atoms with Crippen molar-refractivity contribution in [2.75, 3.05) is 0 Å². The van der Waals surface area contributed by atoms with Gasteiger partial charge in [0.1, 0.15) is 5.75 Å². The van der Waals surface area contributed by atoms with Crippen LogP contribution in [-0.2, 0) is 0 Å². The van der Waals surface area contributed by atoms with Crippen molar-refractivity contribution >= 4 is 16.6 Å². The highest BCUT2D eigenvalue weighted by Crippen LogP contribution is 2.26. The second-order valence-corrected chi connectivity index (χ2v) is 4.52. The third-order valence-corrected chi connectivity index (χ3v) is 3.09. The number of ketones is 1. The van der Waals surface area contributed by atoms with Gasteiger partial charge in [-0.1, -0.05) is 30.3 Å². The molecule has 0 fully saturated rings. The number of Topliss-reactive ketones (excluding diaryl/α,β-unsaturated/α-hetero) is 1. The zero-order chi connectivity index (χ0) is 13.9. The molecule has 3 heteroatoms. The molecule has 0 unspecified atom stereocenters. The lowest BCUT2D eigenvalue weighted by atomic mass is 10.1. The Hall–Kier alpha value is -2.68. The molecule has 1 heterocycles. The van der Waals surface area contributed by atoms with Gasteiger partial charge in [0.05, 0.1) is 5.56 Å². The summed E-state index contributed by atoms with van der Waals surface area (Å²) in [5.74, 6) is 0.953. The first-order chi connectivity index (χ1) is 9.74. The number of carbonyl (C=O) groups excluding carboxylic acids is 1. The van der Waals surface area contributed by atoms with Crippen molar-refractivity contribution in [2.45, 2.75) is 6.92 Å². The molecule has 0 aliphatic rings. The van der Waals surface area contributed by atoms with E-state index in [1.54, 1.807) is 18.3 Å². The maximum absolute atomic E-state index is 11.5. The summed E-state index contributed by atoms with van der Waals surface area (Å²) in [6, 6.07) is 17.3. The van der Waals surface area contributed by atoms with Crippen molar-refractivity contribution in [3.05, 3.63) is 66.4 Å². The molecular weight excluding hydrogens is 250 g/mol. The number of hydrogen-bond donors (Lipinski definition) is 0. The normalized spacial score (nSPS) is 10.4. The van der Waals surface area contributed by atoms with Gasteiger partial charge in [0.15, 0.2) is 5.78 Å². The van der Waals surface area contributed by atoms with Crippen molar-refractivity contribution in [2.24, 2.45) is 0 Å². The largest absolute Gasteiger partial charge is 0.438 e. The standard InChI is InChI=1S/C17H13NO2/c1-12(19)16-7-4-10-18-17(16)20-15-9-8-13-5-2-3-6-14(13)11-15/h2-11H,1H3. The third-order valence-electron chi connectivity index (χ3n) is 3.09. The smallest absolute Gasteiger partial charge is 0.230 e. The molecule has 0 saturated heterocycles. The van der Waals surface area contributed by atoms with Crippen molar-refractivity contribution in [1.29, 1.82) is 0 Å². The lowest BCUT2D eigenvalue weighted by Crippen LogP contribution is -1.98. The average Bonchev–Trinajstić information content (AvgIpc) is 2.47. The second kappa shape index (κ2) is 5.13.